The van der Waals surface area contributed by atoms with E-state index in [4.69, 9.17) is 0 Å². The zero-order valence-corrected chi connectivity index (χ0v) is 7.63. The van der Waals surface area contributed by atoms with Crippen LogP contribution in [0.4, 0.5) is 0 Å². The Morgan fingerprint density at radius 2 is 1.83 bits per heavy atom. The molecule has 0 aromatic heterocycles. The molecule has 1 aliphatic rings. The minimum atomic E-state index is 1.03. The summed E-state index contributed by atoms with van der Waals surface area (Å²) in [7, 11) is 0. The molecule has 65 valence electrons. The van der Waals surface area contributed by atoms with Crippen LogP contribution in [0.25, 0.3) is 0 Å². The molecule has 0 N–H and O–H groups in total. The maximum absolute atomic E-state index is 3.30. The van der Waals surface area contributed by atoms with Crippen molar-refractivity contribution in [3.8, 4) is 0 Å². The Bertz CT molecular complexity index is 172. The van der Waals surface area contributed by atoms with Gasteiger partial charge in [0.25, 0.3) is 0 Å². The van der Waals surface area contributed by atoms with Gasteiger partial charge in [-0.25, -0.2) is 0 Å². The predicted molar refractivity (Wildman–Crippen MR) is 53.8 cm³/mol. The second kappa shape index (κ2) is 6.90. The highest BCUT2D eigenvalue weighted by molar-refractivity contribution is 5.04. The van der Waals surface area contributed by atoms with Crippen LogP contribution < -0.4 is 0 Å². The summed E-state index contributed by atoms with van der Waals surface area (Å²) in [5.74, 6) is 0. The number of hydrogen-bond acceptors (Lipinski definition) is 0. The highest BCUT2D eigenvalue weighted by Crippen LogP contribution is 2.05. The van der Waals surface area contributed by atoms with E-state index < -0.39 is 0 Å². The Labute approximate surface area is 75.7 Å². The second-order valence-corrected chi connectivity index (χ2v) is 3.10. The molecule has 0 bridgehead atoms. The van der Waals surface area contributed by atoms with Crippen molar-refractivity contribution >= 4 is 0 Å². The van der Waals surface area contributed by atoms with E-state index in [2.05, 4.69) is 36.5 Å². The van der Waals surface area contributed by atoms with Crippen LogP contribution >= 0.6 is 0 Å². The molecule has 0 nitrogen and oxygen atoms in total. The van der Waals surface area contributed by atoms with E-state index in [1.165, 1.54) is 25.7 Å². The van der Waals surface area contributed by atoms with Crippen LogP contribution in [0, 0.1) is 6.08 Å². The summed E-state index contributed by atoms with van der Waals surface area (Å²) < 4.78 is 0. The van der Waals surface area contributed by atoms with E-state index in [0.717, 1.165) is 12.8 Å². The van der Waals surface area contributed by atoms with E-state index in [9.17, 15) is 0 Å². The van der Waals surface area contributed by atoms with Gasteiger partial charge in [0.2, 0.25) is 0 Å². The van der Waals surface area contributed by atoms with Crippen LogP contribution in [0.1, 0.15) is 38.5 Å². The van der Waals surface area contributed by atoms with Crippen LogP contribution in [0.5, 0.6) is 0 Å². The van der Waals surface area contributed by atoms with Gasteiger partial charge in [0, 0.05) is 0 Å². The average molecular weight is 161 g/mol. The van der Waals surface area contributed by atoms with Crippen molar-refractivity contribution in [3.05, 3.63) is 36.5 Å². The van der Waals surface area contributed by atoms with Crippen LogP contribution in [-0.2, 0) is 0 Å². The van der Waals surface area contributed by atoms with Crippen molar-refractivity contribution < 1.29 is 0 Å². The minimum absolute atomic E-state index is 1.03. The van der Waals surface area contributed by atoms with Gasteiger partial charge in [-0.15, -0.1) is 0 Å². The molecule has 1 radical (unpaired) electrons. The molecule has 1 aliphatic carbocycles. The Kier molecular flexibility index (Phi) is 5.35. The molecule has 0 aliphatic heterocycles. The molecular weight excluding hydrogens is 144 g/mol. The van der Waals surface area contributed by atoms with Crippen molar-refractivity contribution in [2.75, 3.05) is 0 Å². The van der Waals surface area contributed by atoms with Crippen molar-refractivity contribution in [1.82, 2.24) is 0 Å². The fourth-order valence-electron chi connectivity index (χ4n) is 1.25. The van der Waals surface area contributed by atoms with E-state index in [1.54, 1.807) is 0 Å². The Morgan fingerprint density at radius 1 is 0.917 bits per heavy atom. The molecule has 0 atom stereocenters. The lowest BCUT2D eigenvalue weighted by molar-refractivity contribution is 0.690. The summed E-state index contributed by atoms with van der Waals surface area (Å²) in [5, 5.41) is 0. The van der Waals surface area contributed by atoms with Gasteiger partial charge in [-0.3, -0.25) is 0 Å². The third-order valence-corrected chi connectivity index (χ3v) is 1.97. The van der Waals surface area contributed by atoms with E-state index in [0.29, 0.717) is 0 Å². The molecule has 0 spiro atoms. The SMILES string of the molecule is [C]1=CCC=CC=CCCCCC1. The lowest BCUT2D eigenvalue weighted by atomic mass is 10.1. The first-order chi connectivity index (χ1) is 6.00. The molecule has 0 heteroatoms. The quantitative estimate of drug-likeness (QED) is 0.506. The van der Waals surface area contributed by atoms with Crippen LogP contribution in [0.15, 0.2) is 30.4 Å². The smallest absolute Gasteiger partial charge is 0.0160 e. The average Bonchev–Trinajstić information content (AvgIpc) is 2.05. The third-order valence-electron chi connectivity index (χ3n) is 1.97. The number of rotatable bonds is 0. The molecule has 0 aromatic carbocycles. The third kappa shape index (κ3) is 4.95. The second-order valence-electron chi connectivity index (χ2n) is 3.10. The Morgan fingerprint density at radius 3 is 2.83 bits per heavy atom. The van der Waals surface area contributed by atoms with Crippen molar-refractivity contribution in [2.24, 2.45) is 0 Å². The summed E-state index contributed by atoms with van der Waals surface area (Å²) in [4.78, 5) is 0. The monoisotopic (exact) mass is 161 g/mol. The number of allylic oxidation sites excluding steroid dienone is 6. The van der Waals surface area contributed by atoms with Gasteiger partial charge < -0.3 is 0 Å². The lowest BCUT2D eigenvalue weighted by Crippen LogP contribution is -1.76. The molecule has 0 heterocycles. The maximum Gasteiger partial charge on any atom is -0.0160 e. The van der Waals surface area contributed by atoms with E-state index >= 15 is 0 Å². The topological polar surface area (TPSA) is 0 Å². The fourth-order valence-corrected chi connectivity index (χ4v) is 1.25. The van der Waals surface area contributed by atoms with Gasteiger partial charge in [0.05, 0.1) is 0 Å². The lowest BCUT2D eigenvalue weighted by Gasteiger charge is -1.95. The molecule has 0 amide bonds. The summed E-state index contributed by atoms with van der Waals surface area (Å²) in [6.45, 7) is 0. The molecule has 0 saturated heterocycles. The summed E-state index contributed by atoms with van der Waals surface area (Å²) >= 11 is 0. The standard InChI is InChI=1S/C12H17/c1-2-4-6-8-10-12-11-9-7-5-3-1/h1-4,7H,5-6,8,10-12H2. The van der Waals surface area contributed by atoms with Gasteiger partial charge in [-0.2, -0.15) is 0 Å². The summed E-state index contributed by atoms with van der Waals surface area (Å²) in [6, 6.07) is 0. The van der Waals surface area contributed by atoms with Gasteiger partial charge in [0.1, 0.15) is 0 Å². The fraction of sp³-hybridized carbons (Fsp3) is 0.500. The molecular formula is C12H17. The first-order valence-electron chi connectivity index (χ1n) is 4.87. The van der Waals surface area contributed by atoms with Crippen molar-refractivity contribution in [3.63, 3.8) is 0 Å². The van der Waals surface area contributed by atoms with Gasteiger partial charge in [0.15, 0.2) is 0 Å². The predicted octanol–water partition coefficient (Wildman–Crippen LogP) is 3.81. The molecule has 0 saturated carbocycles. The van der Waals surface area contributed by atoms with Gasteiger partial charge >= 0.3 is 0 Å². The summed E-state index contributed by atoms with van der Waals surface area (Å²) in [6.07, 6.45) is 21.5. The normalized spacial score (nSPS) is 20.0. The Hall–Kier alpha value is -0.780. The van der Waals surface area contributed by atoms with Crippen molar-refractivity contribution in [2.45, 2.75) is 38.5 Å². The minimum Gasteiger partial charge on any atom is -0.0845 e. The molecule has 12 heavy (non-hydrogen) atoms. The van der Waals surface area contributed by atoms with E-state index in [-0.39, 0.29) is 0 Å². The van der Waals surface area contributed by atoms with Crippen LogP contribution in [0.3, 0.4) is 0 Å². The molecule has 0 unspecified atom stereocenters. The largest absolute Gasteiger partial charge is 0.0845 e. The zero-order chi connectivity index (χ0) is 8.49. The van der Waals surface area contributed by atoms with Crippen LogP contribution in [0.2, 0.25) is 0 Å². The molecule has 0 fully saturated rings. The zero-order valence-electron chi connectivity index (χ0n) is 7.63. The van der Waals surface area contributed by atoms with Crippen LogP contribution in [-0.4, -0.2) is 0 Å². The van der Waals surface area contributed by atoms with Crippen molar-refractivity contribution in [1.29, 1.82) is 0 Å². The van der Waals surface area contributed by atoms with Gasteiger partial charge in [-0.1, -0.05) is 36.8 Å². The molecule has 0 aromatic rings. The number of hydrogen-bond donors (Lipinski definition) is 0. The summed E-state index contributed by atoms with van der Waals surface area (Å²) in [5.41, 5.74) is 0. The highest BCUT2D eigenvalue weighted by Gasteiger charge is 1.86. The van der Waals surface area contributed by atoms with Gasteiger partial charge in [-0.05, 0) is 38.2 Å². The first kappa shape index (κ1) is 9.31. The maximum atomic E-state index is 3.30. The van der Waals surface area contributed by atoms with E-state index in [1.807, 2.05) is 0 Å². The Balaban J connectivity index is 2.31. The first-order valence-corrected chi connectivity index (χ1v) is 4.87. The highest BCUT2D eigenvalue weighted by atomic mass is 13.9. The molecule has 1 rings (SSSR count).